The molecule has 0 bridgehead atoms. The second-order valence-electron chi connectivity index (χ2n) is 9.14. The predicted octanol–water partition coefficient (Wildman–Crippen LogP) is 5.67. The Morgan fingerprint density at radius 1 is 0.788 bits per heavy atom. The average molecular weight is 503 g/mol. The van der Waals surface area contributed by atoms with Gasteiger partial charge < -0.3 is 10.2 Å². The van der Waals surface area contributed by atoms with Crippen LogP contribution in [0.2, 0.25) is 0 Å². The quantitative estimate of drug-likeness (QED) is 0.105. The maximum absolute atomic E-state index is 12.3. The topological polar surface area (TPSA) is 129 Å². The van der Waals surface area contributed by atoms with Crippen LogP contribution in [0.3, 0.4) is 0 Å². The van der Waals surface area contributed by atoms with Gasteiger partial charge in [-0.25, -0.2) is 0 Å². The van der Waals surface area contributed by atoms with Gasteiger partial charge in [-0.15, -0.1) is 0 Å². The van der Waals surface area contributed by atoms with Crippen molar-refractivity contribution in [1.82, 2.24) is 0 Å². The summed E-state index contributed by atoms with van der Waals surface area (Å²) < 4.78 is 31.9. The van der Waals surface area contributed by atoms with E-state index >= 15 is 0 Å². The van der Waals surface area contributed by atoms with Gasteiger partial charge >= 0.3 is 41.5 Å². The van der Waals surface area contributed by atoms with Gasteiger partial charge in [0.2, 0.25) is 4.75 Å². The fourth-order valence-electron chi connectivity index (χ4n) is 4.53. The molecule has 0 aliphatic rings. The van der Waals surface area contributed by atoms with Crippen LogP contribution in [0, 0.1) is 11.8 Å². The van der Waals surface area contributed by atoms with Crippen molar-refractivity contribution in [1.29, 1.82) is 0 Å². The Bertz CT molecular complexity index is 639. The molecule has 0 aromatic heterocycles. The molecule has 9 heteroatoms. The molecule has 0 aromatic rings. The summed E-state index contributed by atoms with van der Waals surface area (Å²) in [4.78, 5) is 24.3. The zero-order valence-electron chi connectivity index (χ0n) is 20.4. The maximum atomic E-state index is 12.3. The Labute approximate surface area is 223 Å². The third-order valence-corrected chi connectivity index (χ3v) is 8.28. The third-order valence-electron chi connectivity index (χ3n) is 6.70. The molecule has 0 radical (unpaired) electrons. The van der Waals surface area contributed by atoms with Crippen LogP contribution in [-0.4, -0.2) is 69.4 Å². The standard InChI is InChI=1S/C24H46O7S.Na.H/c1-4-7-9-10-11-12-13-14-15-16-18-24(23(27)28,32(29,30)31)21(22(25)26)19-20(6-3)17-8-5-2;;/h20-21H,4-19H2,1-3H3,(H,25,26)(H,27,28)(H,29,30,31);;. The van der Waals surface area contributed by atoms with E-state index in [1.165, 1.54) is 25.7 Å². The van der Waals surface area contributed by atoms with E-state index in [2.05, 4.69) is 6.92 Å². The zero-order valence-corrected chi connectivity index (χ0v) is 21.2. The summed E-state index contributed by atoms with van der Waals surface area (Å²) >= 11 is 0. The van der Waals surface area contributed by atoms with Gasteiger partial charge in [0.05, 0.1) is 5.92 Å². The number of rotatable bonds is 21. The summed E-state index contributed by atoms with van der Waals surface area (Å²) in [5.74, 6) is -5.04. The molecule has 0 fully saturated rings. The molecule has 0 rings (SSSR count). The van der Waals surface area contributed by atoms with Crippen LogP contribution in [0.15, 0.2) is 0 Å². The van der Waals surface area contributed by atoms with Crippen LogP contribution in [-0.2, 0) is 19.7 Å². The Hall–Kier alpha value is -0.150. The van der Waals surface area contributed by atoms with E-state index in [4.69, 9.17) is 0 Å². The number of carboxylic acids is 2. The van der Waals surface area contributed by atoms with Gasteiger partial charge in [-0.2, -0.15) is 8.42 Å². The number of carboxylic acid groups (broad SMARTS) is 2. The van der Waals surface area contributed by atoms with Crippen molar-refractivity contribution in [2.75, 3.05) is 0 Å². The summed E-state index contributed by atoms with van der Waals surface area (Å²) in [7, 11) is -5.14. The second kappa shape index (κ2) is 19.1. The molecular formula is C24H47NaO7S. The van der Waals surface area contributed by atoms with Crippen molar-refractivity contribution in [3.8, 4) is 0 Å². The van der Waals surface area contributed by atoms with Crippen LogP contribution in [0.25, 0.3) is 0 Å². The van der Waals surface area contributed by atoms with Crippen molar-refractivity contribution in [3.05, 3.63) is 0 Å². The summed E-state index contributed by atoms with van der Waals surface area (Å²) in [5, 5.41) is 19.7. The van der Waals surface area contributed by atoms with Gasteiger partial charge in [0.15, 0.2) is 0 Å². The minimum absolute atomic E-state index is 0. The molecule has 0 heterocycles. The molecule has 0 aromatic carbocycles. The van der Waals surface area contributed by atoms with Crippen LogP contribution in [0.1, 0.15) is 124 Å². The van der Waals surface area contributed by atoms with E-state index in [9.17, 15) is 32.8 Å². The Balaban J connectivity index is 0. The zero-order chi connectivity index (χ0) is 24.6. The average Bonchev–Trinajstić information content (AvgIpc) is 2.71. The number of hydrogen-bond acceptors (Lipinski definition) is 4. The van der Waals surface area contributed by atoms with Gasteiger partial charge in [0.1, 0.15) is 0 Å². The molecule has 0 spiro atoms. The van der Waals surface area contributed by atoms with Gasteiger partial charge in [0.25, 0.3) is 10.1 Å². The summed E-state index contributed by atoms with van der Waals surface area (Å²) in [6.07, 6.45) is 12.4. The molecule has 192 valence electrons. The van der Waals surface area contributed by atoms with E-state index in [0.717, 1.165) is 38.5 Å². The van der Waals surface area contributed by atoms with Crippen molar-refractivity contribution in [3.63, 3.8) is 0 Å². The summed E-state index contributed by atoms with van der Waals surface area (Å²) in [6.45, 7) is 6.07. The van der Waals surface area contributed by atoms with Crippen molar-refractivity contribution in [2.45, 2.75) is 128 Å². The van der Waals surface area contributed by atoms with Gasteiger partial charge in [-0.3, -0.25) is 14.1 Å². The first-order valence-electron chi connectivity index (χ1n) is 12.5. The van der Waals surface area contributed by atoms with Crippen LogP contribution in [0.5, 0.6) is 0 Å². The van der Waals surface area contributed by atoms with Gasteiger partial charge in [-0.05, 0) is 18.8 Å². The second-order valence-corrected chi connectivity index (χ2v) is 10.8. The van der Waals surface area contributed by atoms with Crippen LogP contribution in [0.4, 0.5) is 0 Å². The fourth-order valence-corrected chi connectivity index (χ4v) is 5.71. The van der Waals surface area contributed by atoms with Crippen molar-refractivity contribution < 1.29 is 32.8 Å². The van der Waals surface area contributed by atoms with E-state index in [1.807, 2.05) is 13.8 Å². The predicted molar refractivity (Wildman–Crippen MR) is 135 cm³/mol. The first-order chi connectivity index (χ1) is 15.1. The summed E-state index contributed by atoms with van der Waals surface area (Å²) in [5.41, 5.74) is 0. The first kappa shape index (κ1) is 35.0. The molecule has 7 nitrogen and oxygen atoms in total. The van der Waals surface area contributed by atoms with E-state index in [1.54, 1.807) is 0 Å². The van der Waals surface area contributed by atoms with Crippen LogP contribution < -0.4 is 0 Å². The fraction of sp³-hybridized carbons (Fsp3) is 0.917. The SMILES string of the molecule is CCCCCCCCCCCCC(C(=O)O)(C(CC(CC)CCCC)C(=O)O)S(=O)(=O)O.[NaH]. The monoisotopic (exact) mass is 502 g/mol. The first-order valence-corrected chi connectivity index (χ1v) is 14.0. The number of aliphatic carboxylic acids is 2. The number of carbonyl (C=O) groups is 2. The molecule has 3 N–H and O–H groups in total. The molecule has 33 heavy (non-hydrogen) atoms. The molecule has 0 aliphatic heterocycles. The van der Waals surface area contributed by atoms with Crippen molar-refractivity contribution in [2.24, 2.45) is 11.8 Å². The number of hydrogen-bond donors (Lipinski definition) is 3. The van der Waals surface area contributed by atoms with Gasteiger partial charge in [0, 0.05) is 0 Å². The van der Waals surface area contributed by atoms with E-state index in [0.29, 0.717) is 19.3 Å². The minimum atomic E-state index is -5.14. The Morgan fingerprint density at radius 2 is 1.24 bits per heavy atom. The Morgan fingerprint density at radius 3 is 1.61 bits per heavy atom. The molecule has 0 aliphatic carbocycles. The molecule has 3 atom stereocenters. The summed E-state index contributed by atoms with van der Waals surface area (Å²) in [6, 6.07) is 0. The molecule has 0 saturated carbocycles. The van der Waals surface area contributed by atoms with E-state index in [-0.39, 0.29) is 48.3 Å². The normalized spacial score (nSPS) is 15.3. The number of unbranched alkanes of at least 4 members (excludes halogenated alkanes) is 10. The third kappa shape index (κ3) is 12.4. The van der Waals surface area contributed by atoms with E-state index < -0.39 is 39.1 Å². The van der Waals surface area contributed by atoms with Crippen LogP contribution >= 0.6 is 0 Å². The molecule has 0 amide bonds. The van der Waals surface area contributed by atoms with Crippen molar-refractivity contribution >= 4 is 51.6 Å². The molecule has 0 saturated heterocycles. The van der Waals surface area contributed by atoms with Gasteiger partial charge in [-0.1, -0.05) is 111 Å². The molecular weight excluding hydrogens is 455 g/mol. The molecule has 3 unspecified atom stereocenters. The Kier molecular flexibility index (Phi) is 20.3.